The van der Waals surface area contributed by atoms with E-state index in [0.717, 1.165) is 31.0 Å². The zero-order chi connectivity index (χ0) is 18.3. The Hall–Kier alpha value is -1.43. The van der Waals surface area contributed by atoms with Gasteiger partial charge in [0, 0.05) is 31.2 Å². The molecule has 0 amide bonds. The second kappa shape index (κ2) is 7.29. The van der Waals surface area contributed by atoms with Gasteiger partial charge in [-0.1, -0.05) is 12.1 Å². The van der Waals surface area contributed by atoms with Crippen LogP contribution in [0.5, 0.6) is 0 Å². The molecule has 0 aliphatic carbocycles. The van der Waals surface area contributed by atoms with Crippen LogP contribution in [0.15, 0.2) is 18.2 Å². The minimum absolute atomic E-state index is 0.200. The molecule has 2 bridgehead atoms. The third-order valence-electron chi connectivity index (χ3n) is 6.66. The number of carbonyl (C=O) groups is 1. The van der Waals surface area contributed by atoms with Crippen molar-refractivity contribution in [1.82, 2.24) is 15.1 Å². The van der Waals surface area contributed by atoms with Crippen LogP contribution in [0.3, 0.4) is 0 Å². The summed E-state index contributed by atoms with van der Waals surface area (Å²) in [6, 6.07) is 6.96. The van der Waals surface area contributed by atoms with Crippen molar-refractivity contribution in [2.45, 2.75) is 57.8 Å². The van der Waals surface area contributed by atoms with E-state index in [-0.39, 0.29) is 6.04 Å². The molecule has 0 saturated carbocycles. The van der Waals surface area contributed by atoms with Gasteiger partial charge in [0.2, 0.25) is 0 Å². The van der Waals surface area contributed by atoms with Crippen molar-refractivity contribution < 1.29 is 9.90 Å². The number of hydrogen-bond acceptors (Lipinski definition) is 4. The molecule has 4 aliphatic heterocycles. The van der Waals surface area contributed by atoms with Gasteiger partial charge < -0.3 is 15.3 Å². The van der Waals surface area contributed by atoms with Crippen LogP contribution in [0.25, 0.3) is 0 Å². The summed E-state index contributed by atoms with van der Waals surface area (Å²) in [7, 11) is 0. The second-order valence-corrected chi connectivity index (χ2v) is 8.45. The molecule has 1 aromatic carbocycles. The first-order valence-corrected chi connectivity index (χ1v) is 10.1. The molecule has 26 heavy (non-hydrogen) atoms. The van der Waals surface area contributed by atoms with E-state index in [4.69, 9.17) is 0 Å². The molecule has 142 valence electrons. The smallest absolute Gasteiger partial charge is 0.336 e. The predicted octanol–water partition coefficient (Wildman–Crippen LogP) is 2.72. The van der Waals surface area contributed by atoms with E-state index in [1.54, 1.807) is 6.07 Å². The summed E-state index contributed by atoms with van der Waals surface area (Å²) in [5.74, 6) is 0.0226. The van der Waals surface area contributed by atoms with E-state index in [1.807, 2.05) is 6.07 Å². The Balaban J connectivity index is 1.47. The molecular formula is C21H31N3O2. The van der Waals surface area contributed by atoms with Crippen molar-refractivity contribution in [3.05, 3.63) is 34.9 Å². The molecule has 5 nitrogen and oxygen atoms in total. The van der Waals surface area contributed by atoms with Gasteiger partial charge in [-0.3, -0.25) is 4.90 Å². The minimum atomic E-state index is -0.803. The lowest BCUT2D eigenvalue weighted by atomic mass is 9.84. The van der Waals surface area contributed by atoms with Crippen molar-refractivity contribution in [2.24, 2.45) is 5.92 Å². The van der Waals surface area contributed by atoms with Gasteiger partial charge in [-0.05, 0) is 75.9 Å². The van der Waals surface area contributed by atoms with Crippen LogP contribution in [0.1, 0.15) is 60.6 Å². The Labute approximate surface area is 156 Å². The fourth-order valence-electron chi connectivity index (χ4n) is 5.26. The van der Waals surface area contributed by atoms with E-state index in [1.165, 1.54) is 38.0 Å². The van der Waals surface area contributed by atoms with Crippen LogP contribution < -0.4 is 5.32 Å². The average Bonchev–Trinajstić information content (AvgIpc) is 3.02. The summed E-state index contributed by atoms with van der Waals surface area (Å²) < 4.78 is 0. The maximum absolute atomic E-state index is 11.8. The van der Waals surface area contributed by atoms with Gasteiger partial charge in [0.1, 0.15) is 0 Å². The molecule has 1 aromatic rings. The Bertz CT molecular complexity index is 667. The van der Waals surface area contributed by atoms with E-state index < -0.39 is 5.97 Å². The molecule has 0 radical (unpaired) electrons. The van der Waals surface area contributed by atoms with Crippen molar-refractivity contribution in [1.29, 1.82) is 0 Å². The number of aromatic carboxylic acids is 1. The minimum Gasteiger partial charge on any atom is -0.478 e. The Kier molecular flexibility index (Phi) is 5.04. The topological polar surface area (TPSA) is 55.8 Å². The quantitative estimate of drug-likeness (QED) is 0.820. The molecule has 4 heterocycles. The fraction of sp³-hybridized carbons (Fsp3) is 0.667. The highest BCUT2D eigenvalue weighted by atomic mass is 16.4. The zero-order valence-electron chi connectivity index (χ0n) is 15.9. The molecule has 0 spiro atoms. The monoisotopic (exact) mass is 357 g/mol. The number of nitrogens with one attached hydrogen (secondary N) is 1. The van der Waals surface area contributed by atoms with Gasteiger partial charge >= 0.3 is 5.97 Å². The number of hydrogen-bond donors (Lipinski definition) is 2. The largest absolute Gasteiger partial charge is 0.478 e. The summed E-state index contributed by atoms with van der Waals surface area (Å²) in [6.07, 6.45) is 3.62. The lowest BCUT2D eigenvalue weighted by Gasteiger charge is -2.45. The first-order chi connectivity index (χ1) is 12.5. The fourth-order valence-corrected chi connectivity index (χ4v) is 5.26. The standard InChI is InChI=1S/C21H31N3O2/c1-14(2)24-12-16-4-3-5-17(21(25)26)20(16)19(24)6-9-22-18-13-23-10-7-15(18)8-11-23/h3-5,14-15,18-19,22H,6-13H2,1-2H3,(H,25,26)/t18?,19-/m0/s1. The van der Waals surface area contributed by atoms with E-state index >= 15 is 0 Å². The first-order valence-electron chi connectivity index (χ1n) is 10.1. The molecule has 5 heteroatoms. The van der Waals surface area contributed by atoms with E-state index in [9.17, 15) is 9.90 Å². The zero-order valence-corrected chi connectivity index (χ0v) is 15.9. The highest BCUT2D eigenvalue weighted by Gasteiger charge is 2.36. The lowest BCUT2D eigenvalue weighted by Crippen LogP contribution is -2.56. The summed E-state index contributed by atoms with van der Waals surface area (Å²) in [5.41, 5.74) is 2.72. The summed E-state index contributed by atoms with van der Waals surface area (Å²) in [4.78, 5) is 16.8. The second-order valence-electron chi connectivity index (χ2n) is 8.45. The number of rotatable bonds is 6. The number of carboxylic acid groups (broad SMARTS) is 1. The lowest BCUT2D eigenvalue weighted by molar-refractivity contribution is 0.0685. The van der Waals surface area contributed by atoms with E-state index in [2.05, 4.69) is 35.0 Å². The third-order valence-corrected chi connectivity index (χ3v) is 6.66. The van der Waals surface area contributed by atoms with Crippen LogP contribution >= 0.6 is 0 Å². The van der Waals surface area contributed by atoms with Gasteiger partial charge in [-0.2, -0.15) is 0 Å². The summed E-state index contributed by atoms with van der Waals surface area (Å²) in [6.45, 7) is 9.94. The van der Waals surface area contributed by atoms with Gasteiger partial charge in [0.05, 0.1) is 5.56 Å². The summed E-state index contributed by atoms with van der Waals surface area (Å²) >= 11 is 0. The molecular weight excluding hydrogens is 326 g/mol. The maximum atomic E-state index is 11.8. The maximum Gasteiger partial charge on any atom is 0.336 e. The molecule has 0 aromatic heterocycles. The highest BCUT2D eigenvalue weighted by molar-refractivity contribution is 5.90. The number of piperidine rings is 3. The number of fused-ring (bicyclic) bond motifs is 4. The molecule has 2 N–H and O–H groups in total. The molecule has 4 aliphatic rings. The van der Waals surface area contributed by atoms with Crippen LogP contribution in [-0.2, 0) is 6.54 Å². The SMILES string of the molecule is CC(C)N1Cc2cccc(C(=O)O)c2[C@@H]1CCNC1CN2CCC1CC2. The van der Waals surface area contributed by atoms with Gasteiger partial charge in [-0.15, -0.1) is 0 Å². The summed E-state index contributed by atoms with van der Waals surface area (Å²) in [5, 5.41) is 13.5. The number of carboxylic acids is 1. The van der Waals surface area contributed by atoms with Gasteiger partial charge in [0.25, 0.3) is 0 Å². The van der Waals surface area contributed by atoms with Crippen LogP contribution in [0.4, 0.5) is 0 Å². The van der Waals surface area contributed by atoms with Crippen molar-refractivity contribution in [3.63, 3.8) is 0 Å². The molecule has 1 unspecified atom stereocenters. The van der Waals surface area contributed by atoms with Crippen molar-refractivity contribution >= 4 is 5.97 Å². The van der Waals surface area contributed by atoms with Crippen LogP contribution in [-0.4, -0.2) is 59.1 Å². The number of benzene rings is 1. The van der Waals surface area contributed by atoms with Crippen molar-refractivity contribution in [3.8, 4) is 0 Å². The average molecular weight is 357 g/mol. The predicted molar refractivity (Wildman–Crippen MR) is 102 cm³/mol. The van der Waals surface area contributed by atoms with Gasteiger partial charge in [-0.25, -0.2) is 4.79 Å². The Morgan fingerprint density at radius 3 is 2.69 bits per heavy atom. The Morgan fingerprint density at radius 1 is 1.31 bits per heavy atom. The molecule has 3 fully saturated rings. The normalized spacial score (nSPS) is 30.7. The van der Waals surface area contributed by atoms with Crippen LogP contribution in [0, 0.1) is 5.92 Å². The molecule has 5 rings (SSSR count). The number of nitrogens with zero attached hydrogens (tertiary/aromatic N) is 2. The van der Waals surface area contributed by atoms with Crippen LogP contribution in [0.2, 0.25) is 0 Å². The highest BCUT2D eigenvalue weighted by Crippen LogP contribution is 2.39. The van der Waals surface area contributed by atoms with E-state index in [0.29, 0.717) is 17.6 Å². The third kappa shape index (κ3) is 3.28. The molecule has 2 atom stereocenters. The van der Waals surface area contributed by atoms with Crippen molar-refractivity contribution in [2.75, 3.05) is 26.2 Å². The Morgan fingerprint density at radius 2 is 2.08 bits per heavy atom. The van der Waals surface area contributed by atoms with Gasteiger partial charge in [0.15, 0.2) is 0 Å². The molecule has 3 saturated heterocycles. The first kappa shape index (κ1) is 18.0.